The van der Waals surface area contributed by atoms with E-state index in [9.17, 15) is 19.5 Å². The highest BCUT2D eigenvalue weighted by molar-refractivity contribution is 6.05. The van der Waals surface area contributed by atoms with E-state index in [0.29, 0.717) is 5.56 Å². The lowest BCUT2D eigenvalue weighted by Gasteiger charge is -2.23. The summed E-state index contributed by atoms with van der Waals surface area (Å²) in [4.78, 5) is 35.3. The number of nitrogens with zero attached hydrogens (tertiary/aromatic N) is 1. The van der Waals surface area contributed by atoms with Gasteiger partial charge in [0.15, 0.2) is 0 Å². The van der Waals surface area contributed by atoms with Gasteiger partial charge in [-0.2, -0.15) is 5.10 Å². The number of hydrogen-bond donors (Lipinski definition) is 3. The number of rotatable bonds is 7. The van der Waals surface area contributed by atoms with Crippen LogP contribution in [0.2, 0.25) is 0 Å². The lowest BCUT2D eigenvalue weighted by molar-refractivity contribution is -0.185. The second kappa shape index (κ2) is 9.26. The summed E-state index contributed by atoms with van der Waals surface area (Å²) >= 11 is 0. The number of hydrazone groups is 1. The van der Waals surface area contributed by atoms with Crippen LogP contribution in [-0.2, 0) is 19.1 Å². The molecule has 130 valence electrons. The minimum Gasteiger partial charge on any atom is -0.462 e. The van der Waals surface area contributed by atoms with Crippen molar-refractivity contribution in [2.24, 2.45) is 5.10 Å². The van der Waals surface area contributed by atoms with Gasteiger partial charge < -0.3 is 14.6 Å². The maximum Gasteiger partial charge on any atom is 0.372 e. The van der Waals surface area contributed by atoms with Crippen LogP contribution in [0.5, 0.6) is 0 Å². The summed E-state index contributed by atoms with van der Waals surface area (Å²) in [5, 5.41) is 15.5. The quantitative estimate of drug-likeness (QED) is 0.213. The number of benzene rings is 1. The predicted molar refractivity (Wildman–Crippen MR) is 83.9 cm³/mol. The largest absolute Gasteiger partial charge is 0.462 e. The Morgan fingerprint density at radius 3 is 2.17 bits per heavy atom. The fourth-order valence-corrected chi connectivity index (χ4v) is 1.55. The number of urea groups is 1. The third-order valence-corrected chi connectivity index (χ3v) is 2.62. The van der Waals surface area contributed by atoms with Crippen molar-refractivity contribution in [1.82, 2.24) is 10.7 Å². The predicted octanol–water partition coefficient (Wildman–Crippen LogP) is 0.134. The number of ether oxygens (including phenoxy) is 2. The first-order chi connectivity index (χ1) is 11.4. The van der Waals surface area contributed by atoms with Gasteiger partial charge in [-0.3, -0.25) is 5.32 Å². The molecule has 0 saturated carbocycles. The van der Waals surface area contributed by atoms with Crippen LogP contribution in [0.1, 0.15) is 19.4 Å². The van der Waals surface area contributed by atoms with Crippen LogP contribution in [0, 0.1) is 0 Å². The molecule has 1 rings (SSSR count). The SMILES string of the molecule is CCOC(=O)C(O)(NC(=O)N/N=C/c1ccccc1)C(=O)OCC. The highest BCUT2D eigenvalue weighted by Crippen LogP contribution is 2.07. The molecule has 0 aromatic heterocycles. The monoisotopic (exact) mass is 337 g/mol. The van der Waals surface area contributed by atoms with Crippen molar-refractivity contribution in [3.8, 4) is 0 Å². The third-order valence-electron chi connectivity index (χ3n) is 2.62. The van der Waals surface area contributed by atoms with Crippen molar-refractivity contribution in [1.29, 1.82) is 0 Å². The molecule has 0 aliphatic carbocycles. The van der Waals surface area contributed by atoms with Gasteiger partial charge in [-0.15, -0.1) is 0 Å². The Kier molecular flexibility index (Phi) is 7.37. The minimum atomic E-state index is -2.96. The van der Waals surface area contributed by atoms with E-state index in [-0.39, 0.29) is 13.2 Å². The van der Waals surface area contributed by atoms with Gasteiger partial charge in [-0.1, -0.05) is 30.3 Å². The molecule has 0 spiro atoms. The Morgan fingerprint density at radius 2 is 1.67 bits per heavy atom. The van der Waals surface area contributed by atoms with Gasteiger partial charge in [0.05, 0.1) is 19.4 Å². The fourth-order valence-electron chi connectivity index (χ4n) is 1.55. The van der Waals surface area contributed by atoms with Gasteiger partial charge in [-0.05, 0) is 19.4 Å². The first kappa shape index (κ1) is 19.1. The van der Waals surface area contributed by atoms with Crippen LogP contribution in [0.4, 0.5) is 4.79 Å². The summed E-state index contributed by atoms with van der Waals surface area (Å²) in [6.07, 6.45) is 1.34. The van der Waals surface area contributed by atoms with Gasteiger partial charge in [0.1, 0.15) is 0 Å². The van der Waals surface area contributed by atoms with Gasteiger partial charge >= 0.3 is 23.7 Å². The van der Waals surface area contributed by atoms with E-state index in [4.69, 9.17) is 0 Å². The molecule has 9 heteroatoms. The molecule has 0 aliphatic rings. The molecule has 24 heavy (non-hydrogen) atoms. The van der Waals surface area contributed by atoms with Crippen molar-refractivity contribution in [2.75, 3.05) is 13.2 Å². The zero-order valence-corrected chi connectivity index (χ0v) is 13.3. The number of aliphatic hydroxyl groups is 1. The minimum absolute atomic E-state index is 0.101. The number of carbonyl (C=O) groups is 3. The number of amides is 2. The lowest BCUT2D eigenvalue weighted by Crippen LogP contribution is -2.63. The van der Waals surface area contributed by atoms with Crippen LogP contribution >= 0.6 is 0 Å². The summed E-state index contributed by atoms with van der Waals surface area (Å²) in [6, 6.07) is 7.78. The highest BCUT2D eigenvalue weighted by atomic mass is 16.6. The molecular formula is C15H19N3O6. The van der Waals surface area contributed by atoms with Crippen LogP contribution < -0.4 is 10.7 Å². The van der Waals surface area contributed by atoms with E-state index in [1.165, 1.54) is 20.1 Å². The molecule has 0 unspecified atom stereocenters. The molecule has 0 saturated heterocycles. The summed E-state index contributed by atoms with van der Waals surface area (Å²) in [5.74, 6) is -2.71. The number of nitrogens with one attached hydrogen (secondary N) is 2. The first-order valence-electron chi connectivity index (χ1n) is 7.17. The normalized spacial score (nSPS) is 11.0. The second-order valence-electron chi connectivity index (χ2n) is 4.39. The van der Waals surface area contributed by atoms with Crippen molar-refractivity contribution in [2.45, 2.75) is 19.6 Å². The second-order valence-corrected chi connectivity index (χ2v) is 4.39. The maximum atomic E-state index is 11.8. The summed E-state index contributed by atoms with van der Waals surface area (Å²) in [7, 11) is 0. The first-order valence-corrected chi connectivity index (χ1v) is 7.17. The summed E-state index contributed by atoms with van der Waals surface area (Å²) in [5.41, 5.74) is -0.223. The number of carbonyl (C=O) groups excluding carboxylic acids is 3. The molecule has 0 atom stereocenters. The number of esters is 2. The highest BCUT2D eigenvalue weighted by Gasteiger charge is 2.49. The molecule has 0 heterocycles. The molecule has 0 radical (unpaired) electrons. The van der Waals surface area contributed by atoms with E-state index >= 15 is 0 Å². The Morgan fingerprint density at radius 1 is 1.12 bits per heavy atom. The molecular weight excluding hydrogens is 318 g/mol. The zero-order chi connectivity index (χ0) is 18.0. The van der Waals surface area contributed by atoms with Crippen molar-refractivity contribution < 1.29 is 29.0 Å². The van der Waals surface area contributed by atoms with E-state index in [1.807, 2.05) is 11.5 Å². The topological polar surface area (TPSA) is 126 Å². The van der Waals surface area contributed by atoms with E-state index in [2.05, 4.69) is 14.6 Å². The van der Waals surface area contributed by atoms with Crippen molar-refractivity contribution in [3.63, 3.8) is 0 Å². The van der Waals surface area contributed by atoms with Crippen LogP contribution in [0.3, 0.4) is 0 Å². The standard InChI is InChI=1S/C15H19N3O6/c1-3-23-12(19)15(22,13(20)24-4-2)17-14(21)18-16-10-11-8-6-5-7-9-11/h5-10,22H,3-4H2,1-2H3,(H2,17,18,21)/b16-10+. The molecule has 1 aromatic rings. The molecule has 3 N–H and O–H groups in total. The Labute approximate surface area is 138 Å². The summed E-state index contributed by atoms with van der Waals surface area (Å²) in [6.45, 7) is 2.76. The fraction of sp³-hybridized carbons (Fsp3) is 0.333. The van der Waals surface area contributed by atoms with Crippen molar-refractivity contribution >= 4 is 24.2 Å². The van der Waals surface area contributed by atoms with Crippen LogP contribution in [0.25, 0.3) is 0 Å². The van der Waals surface area contributed by atoms with Gasteiger partial charge in [0, 0.05) is 0 Å². The smallest absolute Gasteiger partial charge is 0.372 e. The van der Waals surface area contributed by atoms with Crippen LogP contribution in [-0.4, -0.2) is 48.2 Å². The Balaban J connectivity index is 2.75. The average molecular weight is 337 g/mol. The molecule has 9 nitrogen and oxygen atoms in total. The molecule has 0 fully saturated rings. The lowest BCUT2D eigenvalue weighted by atomic mass is 10.2. The molecule has 0 bridgehead atoms. The maximum absolute atomic E-state index is 11.8. The number of hydrogen-bond acceptors (Lipinski definition) is 7. The average Bonchev–Trinajstić information content (AvgIpc) is 2.56. The van der Waals surface area contributed by atoms with Crippen molar-refractivity contribution in [3.05, 3.63) is 35.9 Å². The zero-order valence-electron chi connectivity index (χ0n) is 13.3. The van der Waals surface area contributed by atoms with Gasteiger partial charge in [0.2, 0.25) is 0 Å². The van der Waals surface area contributed by atoms with Crippen LogP contribution in [0.15, 0.2) is 35.4 Å². The van der Waals surface area contributed by atoms with E-state index < -0.39 is 23.7 Å². The molecule has 1 aromatic carbocycles. The van der Waals surface area contributed by atoms with Gasteiger partial charge in [-0.25, -0.2) is 19.8 Å². The molecule has 2 amide bonds. The summed E-state index contributed by atoms with van der Waals surface area (Å²) < 4.78 is 9.16. The molecule has 0 aliphatic heterocycles. The Hall–Kier alpha value is -2.94. The van der Waals surface area contributed by atoms with E-state index in [0.717, 1.165) is 0 Å². The third kappa shape index (κ3) is 5.36. The van der Waals surface area contributed by atoms with Gasteiger partial charge in [0.25, 0.3) is 0 Å². The Bertz CT molecular complexity index is 584. The van der Waals surface area contributed by atoms with E-state index in [1.54, 1.807) is 29.6 Å².